The Kier molecular flexibility index (Phi) is 3.09. The number of nitrogens with two attached hydrogens (primary N) is 1. The zero-order valence-electron chi connectivity index (χ0n) is 6.79. The number of amides is 1. The van der Waals surface area contributed by atoms with Crippen LogP contribution in [0.2, 0.25) is 0 Å². The lowest BCUT2D eigenvalue weighted by Crippen LogP contribution is -2.34. The third kappa shape index (κ3) is 7.17. The first-order valence-electron chi connectivity index (χ1n) is 3.18. The van der Waals surface area contributed by atoms with Crippen LogP contribution < -0.4 is 5.73 Å². The van der Waals surface area contributed by atoms with Crippen molar-refractivity contribution in [2.45, 2.75) is 0 Å². The first kappa shape index (κ1) is 9.17. The van der Waals surface area contributed by atoms with E-state index in [9.17, 15) is 4.79 Å². The van der Waals surface area contributed by atoms with Gasteiger partial charge in [-0.15, -0.1) is 0 Å². The van der Waals surface area contributed by atoms with Gasteiger partial charge in [-0.2, -0.15) is 0 Å². The van der Waals surface area contributed by atoms with E-state index in [2.05, 4.69) is 0 Å². The summed E-state index contributed by atoms with van der Waals surface area (Å²) >= 11 is 0. The summed E-state index contributed by atoms with van der Waals surface area (Å²) in [4.78, 5) is 10.2. The quantitative estimate of drug-likeness (QED) is 0.429. The van der Waals surface area contributed by atoms with Crippen molar-refractivity contribution < 1.29 is 9.28 Å². The molecule has 0 fully saturated rings. The topological polar surface area (TPSA) is 43.1 Å². The number of carbonyl (C=O) groups is 1. The molecule has 58 valence electrons. The van der Waals surface area contributed by atoms with E-state index in [0.29, 0.717) is 0 Å². The molecule has 0 aromatic heterocycles. The number of likely N-dealkylation sites (N-methyl/N-ethyl adjacent to an activating group) is 1. The molecule has 0 aliphatic rings. The maximum Gasteiger partial charge on any atom is 0.241 e. The standard InChI is InChI=1S/C7H14N2O/c1-9(2,3)6-4-5-7(8)10/h4-5H,6H2,1-3H3,(H-,8,10)/p+1/b5-4+. The molecule has 2 N–H and O–H groups in total. The van der Waals surface area contributed by atoms with Gasteiger partial charge in [-0.25, -0.2) is 0 Å². The zero-order chi connectivity index (χ0) is 8.20. The number of quaternary nitrogens is 1. The number of hydrogen-bond donors (Lipinski definition) is 1. The molecule has 0 heterocycles. The van der Waals surface area contributed by atoms with Crippen LogP contribution >= 0.6 is 0 Å². The van der Waals surface area contributed by atoms with Crippen LogP contribution in [0, 0.1) is 0 Å². The molecule has 1 amide bonds. The first-order valence-corrected chi connectivity index (χ1v) is 3.18. The van der Waals surface area contributed by atoms with Crippen LogP contribution in [0.5, 0.6) is 0 Å². The minimum absolute atomic E-state index is 0.381. The summed E-state index contributed by atoms with van der Waals surface area (Å²) in [5.74, 6) is -0.381. The molecule has 0 aromatic carbocycles. The Morgan fingerprint density at radius 1 is 1.50 bits per heavy atom. The summed E-state index contributed by atoms with van der Waals surface area (Å²) in [7, 11) is 6.14. The normalized spacial score (nSPS) is 12.3. The van der Waals surface area contributed by atoms with Crippen molar-refractivity contribution in [2.24, 2.45) is 5.73 Å². The predicted molar refractivity (Wildman–Crippen MR) is 41.2 cm³/mol. The predicted octanol–water partition coefficient (Wildman–Crippen LogP) is -0.266. The molecule has 0 aromatic rings. The van der Waals surface area contributed by atoms with Gasteiger partial charge in [0.25, 0.3) is 0 Å². The van der Waals surface area contributed by atoms with Crippen LogP contribution in [-0.4, -0.2) is 38.1 Å². The Hall–Kier alpha value is -0.830. The molecule has 0 unspecified atom stereocenters. The average molecular weight is 143 g/mol. The van der Waals surface area contributed by atoms with E-state index in [-0.39, 0.29) is 5.91 Å². The van der Waals surface area contributed by atoms with Crippen LogP contribution in [0.3, 0.4) is 0 Å². The molecule has 3 heteroatoms. The molecule has 0 aliphatic carbocycles. The average Bonchev–Trinajstić information content (AvgIpc) is 1.59. The fraction of sp³-hybridized carbons (Fsp3) is 0.571. The second-order valence-electron chi connectivity index (χ2n) is 3.28. The Labute approximate surface area is 61.7 Å². The SMILES string of the molecule is C[N+](C)(C)C/C=C/C(N)=O. The van der Waals surface area contributed by atoms with E-state index in [1.165, 1.54) is 6.08 Å². The zero-order valence-corrected chi connectivity index (χ0v) is 6.79. The molecular formula is C7H15N2O+. The van der Waals surface area contributed by atoms with Gasteiger partial charge in [-0.3, -0.25) is 4.79 Å². The molecule has 0 atom stereocenters. The Morgan fingerprint density at radius 3 is 2.30 bits per heavy atom. The van der Waals surface area contributed by atoms with E-state index in [1.54, 1.807) is 6.08 Å². The van der Waals surface area contributed by atoms with Crippen molar-refractivity contribution in [2.75, 3.05) is 27.7 Å². The van der Waals surface area contributed by atoms with Crippen molar-refractivity contribution >= 4 is 5.91 Å². The van der Waals surface area contributed by atoms with Gasteiger partial charge in [0.15, 0.2) is 0 Å². The minimum atomic E-state index is -0.381. The highest BCUT2D eigenvalue weighted by atomic mass is 16.1. The first-order chi connectivity index (χ1) is 4.42. The van der Waals surface area contributed by atoms with Gasteiger partial charge in [0.05, 0.1) is 27.7 Å². The highest BCUT2D eigenvalue weighted by Gasteiger charge is 2.01. The molecule has 0 radical (unpaired) electrons. The highest BCUT2D eigenvalue weighted by Crippen LogP contribution is 1.88. The van der Waals surface area contributed by atoms with Gasteiger partial charge in [-0.05, 0) is 6.08 Å². The van der Waals surface area contributed by atoms with E-state index in [1.807, 2.05) is 21.1 Å². The van der Waals surface area contributed by atoms with Crippen LogP contribution in [-0.2, 0) is 4.79 Å². The van der Waals surface area contributed by atoms with Crippen LogP contribution in [0.15, 0.2) is 12.2 Å². The number of primary amides is 1. The van der Waals surface area contributed by atoms with Crippen molar-refractivity contribution in [1.29, 1.82) is 0 Å². The van der Waals surface area contributed by atoms with Crippen molar-refractivity contribution in [3.63, 3.8) is 0 Å². The fourth-order valence-corrected chi connectivity index (χ4v) is 0.485. The second kappa shape index (κ2) is 3.37. The van der Waals surface area contributed by atoms with Crippen molar-refractivity contribution in [3.8, 4) is 0 Å². The lowest BCUT2D eigenvalue weighted by molar-refractivity contribution is -0.864. The molecule has 3 nitrogen and oxygen atoms in total. The summed E-state index contributed by atoms with van der Waals surface area (Å²) in [6.07, 6.45) is 3.17. The van der Waals surface area contributed by atoms with Crippen LogP contribution in [0.25, 0.3) is 0 Å². The minimum Gasteiger partial charge on any atom is -0.366 e. The van der Waals surface area contributed by atoms with E-state index < -0.39 is 0 Å². The number of hydrogen-bond acceptors (Lipinski definition) is 1. The largest absolute Gasteiger partial charge is 0.366 e. The van der Waals surface area contributed by atoms with E-state index in [0.717, 1.165) is 11.0 Å². The molecular weight excluding hydrogens is 128 g/mol. The smallest absolute Gasteiger partial charge is 0.241 e. The second-order valence-corrected chi connectivity index (χ2v) is 3.28. The van der Waals surface area contributed by atoms with Crippen molar-refractivity contribution in [1.82, 2.24) is 0 Å². The summed E-state index contributed by atoms with van der Waals surface area (Å²) in [6, 6.07) is 0. The Balaban J connectivity index is 3.64. The van der Waals surface area contributed by atoms with Gasteiger partial charge in [0.2, 0.25) is 5.91 Å². The molecule has 0 aliphatic heterocycles. The van der Waals surface area contributed by atoms with Gasteiger partial charge in [-0.1, -0.05) is 0 Å². The molecule has 0 bridgehead atoms. The third-order valence-electron chi connectivity index (χ3n) is 0.935. The third-order valence-corrected chi connectivity index (χ3v) is 0.935. The van der Waals surface area contributed by atoms with E-state index >= 15 is 0 Å². The van der Waals surface area contributed by atoms with Gasteiger partial charge in [0.1, 0.15) is 0 Å². The maximum atomic E-state index is 10.2. The summed E-state index contributed by atoms with van der Waals surface area (Å²) in [6.45, 7) is 0.822. The lowest BCUT2D eigenvalue weighted by Gasteiger charge is -2.21. The molecule has 0 rings (SSSR count). The molecule has 10 heavy (non-hydrogen) atoms. The van der Waals surface area contributed by atoms with Gasteiger partial charge in [0, 0.05) is 6.08 Å². The molecule has 0 spiro atoms. The van der Waals surface area contributed by atoms with Crippen LogP contribution in [0.4, 0.5) is 0 Å². The van der Waals surface area contributed by atoms with Gasteiger partial charge >= 0.3 is 0 Å². The fourth-order valence-electron chi connectivity index (χ4n) is 0.485. The number of nitrogens with zero attached hydrogens (tertiary/aromatic N) is 1. The lowest BCUT2D eigenvalue weighted by atomic mass is 10.4. The Morgan fingerprint density at radius 2 is 2.00 bits per heavy atom. The number of rotatable bonds is 3. The molecule has 0 saturated heterocycles. The Bertz CT molecular complexity index is 144. The summed E-state index contributed by atoms with van der Waals surface area (Å²) in [5, 5.41) is 0. The molecule has 0 saturated carbocycles. The van der Waals surface area contributed by atoms with Crippen LogP contribution in [0.1, 0.15) is 0 Å². The van der Waals surface area contributed by atoms with Gasteiger partial charge < -0.3 is 10.2 Å². The number of carbonyl (C=O) groups excluding carboxylic acids is 1. The van der Waals surface area contributed by atoms with Crippen molar-refractivity contribution in [3.05, 3.63) is 12.2 Å². The monoisotopic (exact) mass is 143 g/mol. The highest BCUT2D eigenvalue weighted by molar-refractivity contribution is 5.85. The summed E-state index contributed by atoms with van der Waals surface area (Å²) in [5.41, 5.74) is 4.89. The van der Waals surface area contributed by atoms with E-state index in [4.69, 9.17) is 5.73 Å². The maximum absolute atomic E-state index is 10.2. The summed E-state index contributed by atoms with van der Waals surface area (Å²) < 4.78 is 0.809.